The van der Waals surface area contributed by atoms with E-state index in [0.717, 1.165) is 7.11 Å². The minimum atomic E-state index is -4.48. The third kappa shape index (κ3) is 9.72. The van der Waals surface area contributed by atoms with E-state index in [2.05, 4.69) is 5.32 Å². The average molecular weight is 540 g/mol. The zero-order valence-corrected chi connectivity index (χ0v) is 22.1. The Hall–Kier alpha value is -2.74. The highest BCUT2D eigenvalue weighted by molar-refractivity contribution is 7.48. The Morgan fingerprint density at radius 1 is 1.19 bits per heavy atom. The van der Waals surface area contributed by atoms with Gasteiger partial charge in [-0.05, 0) is 26.2 Å². The molecule has 206 valence electrons. The van der Waals surface area contributed by atoms with E-state index in [4.69, 9.17) is 32.9 Å². The van der Waals surface area contributed by atoms with Gasteiger partial charge < -0.3 is 24.6 Å². The quantitative estimate of drug-likeness (QED) is 0.167. The highest BCUT2D eigenvalue weighted by Gasteiger charge is 2.46. The number of carbonyl (C=O) groups excluding carboxylic acids is 4. The Labute approximate surface area is 208 Å². The zero-order valence-electron chi connectivity index (χ0n) is 21.2. The van der Waals surface area contributed by atoms with Gasteiger partial charge >= 0.3 is 31.9 Å². The summed E-state index contributed by atoms with van der Waals surface area (Å²) >= 11 is 0. The molecule has 0 aliphatic carbocycles. The van der Waals surface area contributed by atoms with Crippen molar-refractivity contribution in [1.82, 2.24) is 10.2 Å². The third-order valence-corrected chi connectivity index (χ3v) is 5.61. The summed E-state index contributed by atoms with van der Waals surface area (Å²) in [6.45, 7) is 7.78. The van der Waals surface area contributed by atoms with Crippen molar-refractivity contribution < 1.29 is 61.4 Å². The number of esters is 1. The fraction of sp³-hybridized carbons (Fsp3) is 0.750. The highest BCUT2D eigenvalue weighted by atomic mass is 31.2. The number of amides is 3. The fourth-order valence-electron chi connectivity index (χ4n) is 2.59. The van der Waals surface area contributed by atoms with Crippen molar-refractivity contribution in [2.24, 2.45) is 5.41 Å². The van der Waals surface area contributed by atoms with E-state index in [1.807, 2.05) is 0 Å². The van der Waals surface area contributed by atoms with Gasteiger partial charge in [-0.25, -0.2) is 23.5 Å². The lowest BCUT2D eigenvalue weighted by Gasteiger charge is -2.31. The number of carboxylic acid groups (broad SMARTS) is 1. The number of imide groups is 1. The first-order valence-corrected chi connectivity index (χ1v) is 12.2. The van der Waals surface area contributed by atoms with Gasteiger partial charge in [-0.2, -0.15) is 4.90 Å². The summed E-state index contributed by atoms with van der Waals surface area (Å²) in [5.41, 5.74) is -1.89. The second kappa shape index (κ2) is 12.5. The van der Waals surface area contributed by atoms with Crippen molar-refractivity contribution in [2.45, 2.75) is 65.7 Å². The van der Waals surface area contributed by atoms with Crippen LogP contribution in [-0.2, 0) is 46.7 Å². The molecule has 1 aliphatic heterocycles. The summed E-state index contributed by atoms with van der Waals surface area (Å²) in [5.74, 6) is -3.03. The van der Waals surface area contributed by atoms with Crippen LogP contribution in [0.3, 0.4) is 0 Å². The van der Waals surface area contributed by atoms with E-state index in [1.165, 1.54) is 0 Å². The second-order valence-electron chi connectivity index (χ2n) is 9.57. The average Bonchev–Trinajstić information content (AvgIpc) is 3.11. The Bertz CT molecular complexity index is 893. The summed E-state index contributed by atoms with van der Waals surface area (Å²) < 4.78 is 42.6. The summed E-state index contributed by atoms with van der Waals surface area (Å²) in [6, 6.07) is -1.49. The van der Waals surface area contributed by atoms with Gasteiger partial charge in [-0.1, -0.05) is 20.8 Å². The molecule has 0 radical (unpaired) electrons. The lowest BCUT2D eigenvalue weighted by atomic mass is 9.88. The number of aliphatic carboxylic acids is 1. The highest BCUT2D eigenvalue weighted by Crippen LogP contribution is 2.51. The van der Waals surface area contributed by atoms with Gasteiger partial charge in [-0.15, -0.1) is 0 Å². The van der Waals surface area contributed by atoms with Gasteiger partial charge in [0.15, 0.2) is 12.1 Å². The van der Waals surface area contributed by atoms with Gasteiger partial charge in [-0.3, -0.25) is 18.6 Å². The third-order valence-electron chi connectivity index (χ3n) is 4.27. The molecule has 15 nitrogen and oxygen atoms in total. The van der Waals surface area contributed by atoms with Gasteiger partial charge in [0.2, 0.25) is 12.7 Å². The minimum Gasteiger partial charge on any atom is -0.481 e. The van der Waals surface area contributed by atoms with Gasteiger partial charge in [0, 0.05) is 13.7 Å². The molecule has 1 saturated heterocycles. The minimum absolute atomic E-state index is 0.198. The number of nitrogens with zero attached hydrogens (tertiary/aromatic N) is 1. The number of carboxylic acids is 1. The standard InChI is InChI=1S/C20H33N2O13P/c1-19(2,3)14(15(25)21-9-8-13(23)24)35-36(29,30-7)33-11-32-16(26)12-10-31-17(27)22(12)18(28)34-20(4,5)6/h12,14H,8-11H2,1-7H3,(H,21,25)(H,23,24)/t12-,14+,36?/m1/s1. The van der Waals surface area contributed by atoms with Crippen LogP contribution in [-0.4, -0.2) is 84.8 Å². The molecule has 1 fully saturated rings. The molecule has 0 aromatic heterocycles. The van der Waals surface area contributed by atoms with Crippen LogP contribution in [0.4, 0.5) is 9.59 Å². The zero-order chi connectivity index (χ0) is 27.9. The smallest absolute Gasteiger partial charge is 0.478 e. The van der Waals surface area contributed by atoms with Crippen LogP contribution < -0.4 is 5.32 Å². The molecular weight excluding hydrogens is 507 g/mol. The molecule has 0 saturated carbocycles. The first kappa shape index (κ1) is 31.3. The molecule has 3 amide bonds. The number of nitrogens with one attached hydrogen (secondary N) is 1. The molecule has 1 rings (SSSR count). The Morgan fingerprint density at radius 3 is 2.31 bits per heavy atom. The molecule has 1 heterocycles. The number of phosphoric acid groups is 1. The van der Waals surface area contributed by atoms with Crippen LogP contribution in [0.5, 0.6) is 0 Å². The van der Waals surface area contributed by atoms with E-state index in [0.29, 0.717) is 4.90 Å². The molecule has 0 spiro atoms. The van der Waals surface area contributed by atoms with E-state index in [-0.39, 0.29) is 13.0 Å². The molecule has 36 heavy (non-hydrogen) atoms. The van der Waals surface area contributed by atoms with Crippen molar-refractivity contribution in [3.05, 3.63) is 0 Å². The normalized spacial score (nSPS) is 18.6. The summed E-state index contributed by atoms with van der Waals surface area (Å²) in [4.78, 5) is 60.2. The number of hydrogen-bond acceptors (Lipinski definition) is 12. The molecule has 3 atom stereocenters. The number of rotatable bonds is 11. The van der Waals surface area contributed by atoms with Gasteiger partial charge in [0.25, 0.3) is 0 Å². The molecule has 0 aromatic carbocycles. The molecule has 16 heteroatoms. The summed E-state index contributed by atoms with van der Waals surface area (Å²) in [5, 5.41) is 11.1. The van der Waals surface area contributed by atoms with Gasteiger partial charge in [0.1, 0.15) is 12.2 Å². The van der Waals surface area contributed by atoms with Crippen molar-refractivity contribution in [2.75, 3.05) is 27.1 Å². The van der Waals surface area contributed by atoms with Crippen molar-refractivity contribution in [3.8, 4) is 0 Å². The van der Waals surface area contributed by atoms with Crippen molar-refractivity contribution in [3.63, 3.8) is 0 Å². The van der Waals surface area contributed by atoms with E-state index >= 15 is 0 Å². The largest absolute Gasteiger partial charge is 0.481 e. The molecule has 0 bridgehead atoms. The van der Waals surface area contributed by atoms with E-state index in [9.17, 15) is 28.5 Å². The van der Waals surface area contributed by atoms with E-state index < -0.39 is 74.4 Å². The SMILES string of the molecule is COP(=O)(OCOC(=O)[C@H]1COC(=O)N1C(=O)OC(C)(C)C)O[C@@H](C(=O)NCCC(=O)O)C(C)(C)C. The summed E-state index contributed by atoms with van der Waals surface area (Å²) in [6.07, 6.45) is -3.98. The Balaban J connectivity index is 2.81. The van der Waals surface area contributed by atoms with Crippen molar-refractivity contribution >= 4 is 37.9 Å². The number of carbonyl (C=O) groups is 5. The number of ether oxygens (including phenoxy) is 3. The van der Waals surface area contributed by atoms with Crippen molar-refractivity contribution in [1.29, 1.82) is 0 Å². The lowest BCUT2D eigenvalue weighted by Crippen LogP contribution is -2.46. The predicted molar refractivity (Wildman–Crippen MR) is 119 cm³/mol. The molecule has 1 unspecified atom stereocenters. The predicted octanol–water partition coefficient (Wildman–Crippen LogP) is 2.04. The molecule has 0 aromatic rings. The Kier molecular flexibility index (Phi) is 10.8. The fourth-order valence-corrected chi connectivity index (χ4v) is 3.70. The number of cyclic esters (lactones) is 1. The maximum Gasteiger partial charge on any atom is 0.478 e. The van der Waals surface area contributed by atoms with Crippen LogP contribution in [0, 0.1) is 5.41 Å². The number of hydrogen-bond donors (Lipinski definition) is 2. The second-order valence-corrected chi connectivity index (χ2v) is 11.3. The first-order chi connectivity index (χ1) is 16.4. The maximum atomic E-state index is 12.9. The molecule has 1 aliphatic rings. The van der Waals surface area contributed by atoms with Crippen LogP contribution in [0.15, 0.2) is 0 Å². The summed E-state index contributed by atoms with van der Waals surface area (Å²) in [7, 11) is -3.51. The topological polar surface area (TPSA) is 193 Å². The van der Waals surface area contributed by atoms with E-state index in [1.54, 1.807) is 41.5 Å². The molecular formula is C20H33N2O13P. The molecule has 2 N–H and O–H groups in total. The van der Waals surface area contributed by atoms with Crippen LogP contribution in [0.25, 0.3) is 0 Å². The Morgan fingerprint density at radius 2 is 1.81 bits per heavy atom. The monoisotopic (exact) mass is 540 g/mol. The maximum absolute atomic E-state index is 12.9. The van der Waals surface area contributed by atoms with Crippen LogP contribution >= 0.6 is 7.82 Å². The van der Waals surface area contributed by atoms with Crippen LogP contribution in [0.1, 0.15) is 48.0 Å². The van der Waals surface area contributed by atoms with Crippen LogP contribution in [0.2, 0.25) is 0 Å². The first-order valence-electron chi connectivity index (χ1n) is 10.7. The lowest BCUT2D eigenvalue weighted by molar-refractivity contribution is -0.156. The van der Waals surface area contributed by atoms with Gasteiger partial charge in [0.05, 0.1) is 6.42 Å². The number of phosphoric ester groups is 1.